The molecule has 0 aromatic carbocycles. The van der Waals surface area contributed by atoms with Crippen LogP contribution in [0.5, 0.6) is 0 Å². The predicted octanol–water partition coefficient (Wildman–Crippen LogP) is 0.284. The first-order valence-electron chi connectivity index (χ1n) is 5.00. The molecule has 1 aromatic rings. The van der Waals surface area contributed by atoms with Crippen LogP contribution in [0.3, 0.4) is 0 Å². The lowest BCUT2D eigenvalue weighted by Gasteiger charge is -2.22. The molecule has 0 radical (unpaired) electrons. The molecular weight excluding hydrogens is 178 g/mol. The lowest BCUT2D eigenvalue weighted by atomic mass is 10.0. The number of hydrogen-bond donors (Lipinski definition) is 1. The first-order valence-corrected chi connectivity index (χ1v) is 5.00. The Morgan fingerprint density at radius 3 is 3.21 bits per heavy atom. The molecule has 2 rings (SSSR count). The normalized spacial score (nSPS) is 20.6. The van der Waals surface area contributed by atoms with Crippen LogP contribution < -0.4 is 11.3 Å². The summed E-state index contributed by atoms with van der Waals surface area (Å²) in [7, 11) is 0. The molecule has 2 N–H and O–H groups in total. The van der Waals surface area contributed by atoms with E-state index in [-0.39, 0.29) is 5.56 Å². The predicted molar refractivity (Wildman–Crippen MR) is 53.9 cm³/mol. The molecule has 0 saturated carbocycles. The summed E-state index contributed by atoms with van der Waals surface area (Å²) in [5.41, 5.74) is 6.22. The minimum absolute atomic E-state index is 0.0435. The van der Waals surface area contributed by atoms with Gasteiger partial charge in [-0.2, -0.15) is 0 Å². The van der Waals surface area contributed by atoms with Gasteiger partial charge in [0.1, 0.15) is 5.82 Å². The average molecular weight is 193 g/mol. The van der Waals surface area contributed by atoms with Crippen molar-refractivity contribution in [2.45, 2.75) is 32.9 Å². The zero-order valence-corrected chi connectivity index (χ0v) is 8.36. The molecule has 2 heterocycles. The van der Waals surface area contributed by atoms with Crippen LogP contribution in [0.2, 0.25) is 0 Å². The molecule has 0 saturated heterocycles. The van der Waals surface area contributed by atoms with E-state index in [0.717, 1.165) is 25.2 Å². The molecule has 14 heavy (non-hydrogen) atoms. The van der Waals surface area contributed by atoms with Crippen LogP contribution in [0.1, 0.15) is 24.9 Å². The Morgan fingerprint density at radius 1 is 1.71 bits per heavy atom. The number of nitrogens with two attached hydrogens (primary N) is 1. The fourth-order valence-electron chi connectivity index (χ4n) is 1.88. The monoisotopic (exact) mass is 193 g/mol. The van der Waals surface area contributed by atoms with Gasteiger partial charge in [0.2, 0.25) is 0 Å². The third-order valence-corrected chi connectivity index (χ3v) is 2.70. The third-order valence-electron chi connectivity index (χ3n) is 2.70. The molecule has 4 nitrogen and oxygen atoms in total. The molecule has 4 heteroatoms. The molecule has 76 valence electrons. The van der Waals surface area contributed by atoms with Crippen molar-refractivity contribution in [3.05, 3.63) is 27.9 Å². The van der Waals surface area contributed by atoms with E-state index < -0.39 is 0 Å². The molecule has 0 amide bonds. The standard InChI is InChI=1S/C10H15N3O/c1-7-2-3-9-12-8(5-11)4-10(14)13(9)6-7/h4,7H,2-3,5-6,11H2,1H3. The van der Waals surface area contributed by atoms with Crippen LogP contribution in [0.15, 0.2) is 10.9 Å². The summed E-state index contributed by atoms with van der Waals surface area (Å²) in [6, 6.07) is 1.54. The Labute approximate surface area is 82.8 Å². The van der Waals surface area contributed by atoms with E-state index in [4.69, 9.17) is 5.73 Å². The highest BCUT2D eigenvalue weighted by Crippen LogP contribution is 2.15. The number of nitrogens with zero attached hydrogens (tertiary/aromatic N) is 2. The highest BCUT2D eigenvalue weighted by atomic mass is 16.1. The molecule has 0 aliphatic carbocycles. The van der Waals surface area contributed by atoms with Crippen LogP contribution in [-0.2, 0) is 19.5 Å². The Bertz CT molecular complexity index is 397. The van der Waals surface area contributed by atoms with E-state index in [1.54, 1.807) is 10.6 Å². The number of rotatable bonds is 1. The summed E-state index contributed by atoms with van der Waals surface area (Å²) in [5, 5.41) is 0. The van der Waals surface area contributed by atoms with Gasteiger partial charge in [0, 0.05) is 25.6 Å². The minimum atomic E-state index is 0.0435. The second-order valence-corrected chi connectivity index (χ2v) is 3.96. The van der Waals surface area contributed by atoms with Gasteiger partial charge in [-0.05, 0) is 12.3 Å². The van der Waals surface area contributed by atoms with Crippen LogP contribution in [0.25, 0.3) is 0 Å². The van der Waals surface area contributed by atoms with E-state index in [1.807, 2.05) is 0 Å². The van der Waals surface area contributed by atoms with Crippen LogP contribution in [0, 0.1) is 5.92 Å². The van der Waals surface area contributed by atoms with Gasteiger partial charge in [0.25, 0.3) is 5.56 Å². The van der Waals surface area contributed by atoms with E-state index in [9.17, 15) is 4.79 Å². The third kappa shape index (κ3) is 1.57. The van der Waals surface area contributed by atoms with Gasteiger partial charge in [-0.15, -0.1) is 0 Å². The smallest absolute Gasteiger partial charge is 0.253 e. The number of aromatic nitrogens is 2. The van der Waals surface area contributed by atoms with Crippen LogP contribution >= 0.6 is 0 Å². The number of aryl methyl sites for hydroxylation is 1. The minimum Gasteiger partial charge on any atom is -0.325 e. The summed E-state index contributed by atoms with van der Waals surface area (Å²) in [6.45, 7) is 3.30. The molecule has 1 unspecified atom stereocenters. The quantitative estimate of drug-likeness (QED) is 0.697. The zero-order chi connectivity index (χ0) is 10.1. The second-order valence-electron chi connectivity index (χ2n) is 3.96. The van der Waals surface area contributed by atoms with Gasteiger partial charge in [-0.3, -0.25) is 9.36 Å². The maximum absolute atomic E-state index is 11.7. The number of fused-ring (bicyclic) bond motifs is 1. The topological polar surface area (TPSA) is 60.9 Å². The second kappa shape index (κ2) is 3.53. The lowest BCUT2D eigenvalue weighted by Crippen LogP contribution is -2.32. The van der Waals surface area contributed by atoms with Crippen molar-refractivity contribution in [2.24, 2.45) is 11.7 Å². The molecule has 0 bridgehead atoms. The summed E-state index contributed by atoms with van der Waals surface area (Å²) < 4.78 is 1.77. The Hall–Kier alpha value is -1.16. The highest BCUT2D eigenvalue weighted by Gasteiger charge is 2.17. The van der Waals surface area contributed by atoms with Crippen molar-refractivity contribution in [1.82, 2.24) is 9.55 Å². The van der Waals surface area contributed by atoms with E-state index in [1.165, 1.54) is 0 Å². The molecule has 1 aliphatic rings. The first kappa shape index (κ1) is 9.40. The molecule has 1 atom stereocenters. The van der Waals surface area contributed by atoms with Gasteiger partial charge >= 0.3 is 0 Å². The summed E-state index contributed by atoms with van der Waals surface area (Å²) in [5.74, 6) is 1.47. The fraction of sp³-hybridized carbons (Fsp3) is 0.600. The van der Waals surface area contributed by atoms with E-state index in [0.29, 0.717) is 18.2 Å². The summed E-state index contributed by atoms with van der Waals surface area (Å²) in [6.07, 6.45) is 2.00. The first-order chi connectivity index (χ1) is 6.70. The van der Waals surface area contributed by atoms with Crippen molar-refractivity contribution in [1.29, 1.82) is 0 Å². The van der Waals surface area contributed by atoms with Crippen LogP contribution in [0.4, 0.5) is 0 Å². The van der Waals surface area contributed by atoms with Gasteiger partial charge in [0.05, 0.1) is 5.69 Å². The molecule has 0 fully saturated rings. The van der Waals surface area contributed by atoms with Gasteiger partial charge in [-0.1, -0.05) is 6.92 Å². The summed E-state index contributed by atoms with van der Waals surface area (Å²) >= 11 is 0. The van der Waals surface area contributed by atoms with Crippen molar-refractivity contribution < 1.29 is 0 Å². The maximum atomic E-state index is 11.7. The van der Waals surface area contributed by atoms with Crippen molar-refractivity contribution >= 4 is 0 Å². The van der Waals surface area contributed by atoms with Gasteiger partial charge in [-0.25, -0.2) is 4.98 Å². The largest absolute Gasteiger partial charge is 0.325 e. The fourth-order valence-corrected chi connectivity index (χ4v) is 1.88. The van der Waals surface area contributed by atoms with Crippen molar-refractivity contribution in [2.75, 3.05) is 0 Å². The Balaban J connectivity index is 2.48. The van der Waals surface area contributed by atoms with E-state index >= 15 is 0 Å². The molecule has 1 aromatic heterocycles. The van der Waals surface area contributed by atoms with Crippen molar-refractivity contribution in [3.63, 3.8) is 0 Å². The van der Waals surface area contributed by atoms with Crippen LogP contribution in [-0.4, -0.2) is 9.55 Å². The van der Waals surface area contributed by atoms with Gasteiger partial charge in [0.15, 0.2) is 0 Å². The van der Waals surface area contributed by atoms with Crippen molar-refractivity contribution in [3.8, 4) is 0 Å². The zero-order valence-electron chi connectivity index (χ0n) is 8.36. The molecule has 0 spiro atoms. The highest BCUT2D eigenvalue weighted by molar-refractivity contribution is 5.06. The Morgan fingerprint density at radius 2 is 2.50 bits per heavy atom. The molecule has 1 aliphatic heterocycles. The SMILES string of the molecule is CC1CCc2nc(CN)cc(=O)n2C1. The maximum Gasteiger partial charge on any atom is 0.253 e. The molecular formula is C10H15N3O. The van der Waals surface area contributed by atoms with Gasteiger partial charge < -0.3 is 5.73 Å². The average Bonchev–Trinajstić information content (AvgIpc) is 2.19. The van der Waals surface area contributed by atoms with E-state index in [2.05, 4.69) is 11.9 Å². The number of hydrogen-bond acceptors (Lipinski definition) is 3. The summed E-state index contributed by atoms with van der Waals surface area (Å²) in [4.78, 5) is 16.0. The Kier molecular flexibility index (Phi) is 2.37. The lowest BCUT2D eigenvalue weighted by molar-refractivity contribution is 0.377.